The summed E-state index contributed by atoms with van der Waals surface area (Å²) in [6.07, 6.45) is 3.44. The number of H-pyrrole nitrogens is 1. The Morgan fingerprint density at radius 1 is 1.35 bits per heavy atom. The molecule has 0 saturated heterocycles. The predicted octanol–water partition coefficient (Wildman–Crippen LogP) is 3.97. The minimum atomic E-state index is -0.797. The lowest BCUT2D eigenvalue weighted by atomic mass is 10.1. The normalized spacial score (nSPS) is 12.7. The Kier molecular flexibility index (Phi) is 3.79. The topological polar surface area (TPSA) is 28.7 Å². The van der Waals surface area contributed by atoms with E-state index in [9.17, 15) is 8.78 Å². The molecule has 17 heavy (non-hydrogen) atoms. The Morgan fingerprint density at radius 3 is 2.53 bits per heavy atom. The van der Waals surface area contributed by atoms with Crippen molar-refractivity contribution in [3.8, 4) is 0 Å². The van der Waals surface area contributed by atoms with Crippen molar-refractivity contribution in [3.63, 3.8) is 0 Å². The Balaban J connectivity index is 2.27. The lowest BCUT2D eigenvalue weighted by Gasteiger charge is -2.11. The second kappa shape index (κ2) is 5.14. The number of imidazole rings is 1. The van der Waals surface area contributed by atoms with E-state index in [0.717, 1.165) is 0 Å². The van der Waals surface area contributed by atoms with Gasteiger partial charge >= 0.3 is 0 Å². The standard InChI is InChI=1S/C11H8BrClF2N2/c12-6-3-8(14)11(9(15)4-6)7(13)5-10-16-1-2-17-10/h1-4,7H,5H2,(H,16,17). The minimum absolute atomic E-state index is 0.133. The van der Waals surface area contributed by atoms with Gasteiger partial charge in [0, 0.05) is 28.9 Å². The van der Waals surface area contributed by atoms with Gasteiger partial charge in [-0.3, -0.25) is 0 Å². The molecule has 1 aromatic carbocycles. The summed E-state index contributed by atoms with van der Waals surface area (Å²) in [6, 6.07) is 2.38. The molecule has 1 N–H and O–H groups in total. The second-order valence-corrected chi connectivity index (χ2v) is 4.93. The van der Waals surface area contributed by atoms with Crippen molar-refractivity contribution in [2.24, 2.45) is 0 Å². The lowest BCUT2D eigenvalue weighted by molar-refractivity contribution is 0.548. The van der Waals surface area contributed by atoms with Crippen molar-refractivity contribution >= 4 is 27.5 Å². The van der Waals surface area contributed by atoms with Gasteiger partial charge in [-0.05, 0) is 12.1 Å². The number of halogens is 4. The molecule has 0 saturated carbocycles. The third kappa shape index (κ3) is 2.84. The Morgan fingerprint density at radius 2 is 2.00 bits per heavy atom. The van der Waals surface area contributed by atoms with Crippen LogP contribution in [0.5, 0.6) is 0 Å². The van der Waals surface area contributed by atoms with Gasteiger partial charge in [0.15, 0.2) is 0 Å². The van der Waals surface area contributed by atoms with Crippen LogP contribution in [0.2, 0.25) is 0 Å². The molecule has 1 unspecified atom stereocenters. The fourth-order valence-corrected chi connectivity index (χ4v) is 2.29. The number of aromatic nitrogens is 2. The maximum absolute atomic E-state index is 13.6. The monoisotopic (exact) mass is 320 g/mol. The summed E-state index contributed by atoms with van der Waals surface area (Å²) in [7, 11) is 0. The number of hydrogen-bond donors (Lipinski definition) is 1. The molecule has 1 aromatic heterocycles. The third-order valence-corrected chi connectivity index (χ3v) is 3.11. The van der Waals surface area contributed by atoms with Gasteiger partial charge in [0.2, 0.25) is 0 Å². The summed E-state index contributed by atoms with van der Waals surface area (Å²) in [6.45, 7) is 0. The van der Waals surface area contributed by atoms with Crippen molar-refractivity contribution in [1.29, 1.82) is 0 Å². The van der Waals surface area contributed by atoms with Crippen molar-refractivity contribution in [3.05, 3.63) is 52.0 Å². The lowest BCUT2D eigenvalue weighted by Crippen LogP contribution is -2.04. The predicted molar refractivity (Wildman–Crippen MR) is 64.9 cm³/mol. The van der Waals surface area contributed by atoms with Crippen LogP contribution in [0.3, 0.4) is 0 Å². The fourth-order valence-electron chi connectivity index (χ4n) is 1.53. The largest absolute Gasteiger partial charge is 0.349 e. The summed E-state index contributed by atoms with van der Waals surface area (Å²) in [4.78, 5) is 6.80. The Labute approximate surface area is 110 Å². The van der Waals surface area contributed by atoms with Crippen LogP contribution < -0.4 is 0 Å². The van der Waals surface area contributed by atoms with Crippen LogP contribution in [-0.2, 0) is 6.42 Å². The molecule has 90 valence electrons. The van der Waals surface area contributed by atoms with Gasteiger partial charge in [0.25, 0.3) is 0 Å². The molecule has 6 heteroatoms. The van der Waals surface area contributed by atoms with Gasteiger partial charge in [-0.25, -0.2) is 13.8 Å². The molecule has 2 aromatic rings. The average Bonchev–Trinajstić information content (AvgIpc) is 2.68. The van der Waals surface area contributed by atoms with Gasteiger partial charge < -0.3 is 4.98 Å². The van der Waals surface area contributed by atoms with E-state index in [2.05, 4.69) is 25.9 Å². The number of benzene rings is 1. The Bertz CT molecular complexity index is 493. The molecule has 0 bridgehead atoms. The molecule has 0 fully saturated rings. The van der Waals surface area contributed by atoms with E-state index in [4.69, 9.17) is 11.6 Å². The fraction of sp³-hybridized carbons (Fsp3) is 0.182. The maximum Gasteiger partial charge on any atom is 0.131 e. The summed E-state index contributed by atoms with van der Waals surface area (Å²) in [5.41, 5.74) is -0.133. The van der Waals surface area contributed by atoms with Crippen molar-refractivity contribution in [2.75, 3.05) is 0 Å². The van der Waals surface area contributed by atoms with Crippen LogP contribution in [0.25, 0.3) is 0 Å². The Hall–Kier alpha value is -0.940. The van der Waals surface area contributed by atoms with Gasteiger partial charge in [-0.2, -0.15) is 0 Å². The summed E-state index contributed by atoms with van der Waals surface area (Å²) < 4.78 is 27.6. The van der Waals surface area contributed by atoms with Crippen molar-refractivity contribution in [1.82, 2.24) is 9.97 Å². The molecule has 0 amide bonds. The number of aromatic amines is 1. The van der Waals surface area contributed by atoms with E-state index >= 15 is 0 Å². The maximum atomic E-state index is 13.6. The number of nitrogens with one attached hydrogen (secondary N) is 1. The molecular formula is C11H8BrClF2N2. The highest BCUT2D eigenvalue weighted by Crippen LogP contribution is 2.30. The van der Waals surface area contributed by atoms with Gasteiger partial charge in [-0.15, -0.1) is 11.6 Å². The highest BCUT2D eigenvalue weighted by molar-refractivity contribution is 9.10. The van der Waals surface area contributed by atoms with Crippen molar-refractivity contribution in [2.45, 2.75) is 11.8 Å². The molecule has 0 aliphatic heterocycles. The van der Waals surface area contributed by atoms with E-state index in [1.54, 1.807) is 12.4 Å². The minimum Gasteiger partial charge on any atom is -0.349 e. The SMILES string of the molecule is Fc1cc(Br)cc(F)c1C(Cl)Cc1ncc[nH]1. The van der Waals surface area contributed by atoms with Crippen molar-refractivity contribution < 1.29 is 8.78 Å². The molecule has 0 radical (unpaired) electrons. The molecule has 0 aliphatic carbocycles. The summed E-state index contributed by atoms with van der Waals surface area (Å²) in [5, 5.41) is -0.797. The van der Waals surface area contributed by atoms with Crippen LogP contribution in [-0.4, -0.2) is 9.97 Å². The molecule has 1 atom stereocenters. The zero-order valence-electron chi connectivity index (χ0n) is 8.55. The average molecular weight is 322 g/mol. The summed E-state index contributed by atoms with van der Waals surface area (Å²) in [5.74, 6) is -0.737. The molecule has 0 spiro atoms. The molecule has 0 aliphatic rings. The zero-order valence-corrected chi connectivity index (χ0v) is 10.9. The number of hydrogen-bond acceptors (Lipinski definition) is 1. The first-order valence-corrected chi connectivity index (χ1v) is 6.07. The van der Waals surface area contributed by atoms with E-state index < -0.39 is 17.0 Å². The molecule has 1 heterocycles. The second-order valence-electron chi connectivity index (χ2n) is 3.49. The van der Waals surface area contributed by atoms with Crippen LogP contribution in [0.1, 0.15) is 16.8 Å². The zero-order chi connectivity index (χ0) is 12.4. The first-order chi connectivity index (χ1) is 8.08. The van der Waals surface area contributed by atoms with Gasteiger partial charge in [-0.1, -0.05) is 15.9 Å². The highest BCUT2D eigenvalue weighted by atomic mass is 79.9. The molecule has 2 nitrogen and oxygen atoms in total. The highest BCUT2D eigenvalue weighted by Gasteiger charge is 2.20. The number of alkyl halides is 1. The van der Waals surface area contributed by atoms with E-state index in [-0.39, 0.29) is 12.0 Å². The molecular weight excluding hydrogens is 313 g/mol. The van der Waals surface area contributed by atoms with Crippen LogP contribution in [0.4, 0.5) is 8.78 Å². The van der Waals surface area contributed by atoms with Crippen LogP contribution in [0, 0.1) is 11.6 Å². The first kappa shape index (κ1) is 12.5. The van der Waals surface area contributed by atoms with Crippen LogP contribution in [0.15, 0.2) is 29.0 Å². The first-order valence-electron chi connectivity index (χ1n) is 4.84. The number of rotatable bonds is 3. The quantitative estimate of drug-likeness (QED) is 0.851. The third-order valence-electron chi connectivity index (χ3n) is 2.28. The number of nitrogens with zero attached hydrogens (tertiary/aromatic N) is 1. The van der Waals surface area contributed by atoms with Gasteiger partial charge in [0.05, 0.1) is 5.38 Å². The van der Waals surface area contributed by atoms with E-state index in [1.165, 1.54) is 12.1 Å². The van der Waals surface area contributed by atoms with E-state index in [0.29, 0.717) is 10.3 Å². The summed E-state index contributed by atoms with van der Waals surface area (Å²) >= 11 is 9.02. The van der Waals surface area contributed by atoms with E-state index in [1.807, 2.05) is 0 Å². The molecule has 2 rings (SSSR count). The smallest absolute Gasteiger partial charge is 0.131 e. The van der Waals surface area contributed by atoms with Gasteiger partial charge in [0.1, 0.15) is 17.5 Å². The van der Waals surface area contributed by atoms with Crippen LogP contribution >= 0.6 is 27.5 Å².